The second-order valence-electron chi connectivity index (χ2n) is 5.35. The molecular formula is C14H24N4O3. The fraction of sp³-hybridized carbons (Fsp3) is 0.714. The van der Waals surface area contributed by atoms with Gasteiger partial charge in [0, 0.05) is 58.8 Å². The molecule has 0 saturated carbocycles. The van der Waals surface area contributed by atoms with Gasteiger partial charge in [-0.3, -0.25) is 14.4 Å². The minimum Gasteiger partial charge on any atom is -0.390 e. The molecule has 1 aliphatic heterocycles. The van der Waals surface area contributed by atoms with Gasteiger partial charge in [-0.05, 0) is 12.5 Å². The van der Waals surface area contributed by atoms with Gasteiger partial charge in [0.2, 0.25) is 5.91 Å². The number of carbonyl (C=O) groups excluding carboxylic acids is 1. The highest BCUT2D eigenvalue weighted by molar-refractivity contribution is 5.77. The van der Waals surface area contributed by atoms with Crippen molar-refractivity contribution in [3.05, 3.63) is 18.5 Å². The number of rotatable bonds is 6. The maximum atomic E-state index is 11.8. The van der Waals surface area contributed by atoms with Gasteiger partial charge in [0.1, 0.15) is 6.61 Å². The van der Waals surface area contributed by atoms with E-state index >= 15 is 0 Å². The van der Waals surface area contributed by atoms with Gasteiger partial charge in [-0.15, -0.1) is 0 Å². The Bertz CT molecular complexity index is 424. The molecular weight excluding hydrogens is 272 g/mol. The zero-order valence-corrected chi connectivity index (χ0v) is 12.5. The third-order valence-electron chi connectivity index (χ3n) is 3.63. The highest BCUT2D eigenvalue weighted by Gasteiger charge is 2.23. The summed E-state index contributed by atoms with van der Waals surface area (Å²) in [5.74, 6) is -0.0602. The lowest BCUT2D eigenvalue weighted by molar-refractivity contribution is -0.136. The number of nitrogens with zero attached hydrogens (tertiary/aromatic N) is 4. The number of aromatic nitrogens is 2. The third-order valence-corrected chi connectivity index (χ3v) is 3.63. The summed E-state index contributed by atoms with van der Waals surface area (Å²) in [6.45, 7) is 4.25. The van der Waals surface area contributed by atoms with Crippen molar-refractivity contribution in [3.63, 3.8) is 0 Å². The van der Waals surface area contributed by atoms with Crippen LogP contribution >= 0.6 is 0 Å². The second-order valence-corrected chi connectivity index (χ2v) is 5.35. The van der Waals surface area contributed by atoms with Crippen LogP contribution in [-0.4, -0.2) is 83.1 Å². The molecule has 1 N–H and O–H groups in total. The Kier molecular flexibility index (Phi) is 6.16. The summed E-state index contributed by atoms with van der Waals surface area (Å²) in [5, 5.41) is 14.2. The average Bonchev–Trinajstić information content (AvgIpc) is 2.89. The van der Waals surface area contributed by atoms with Gasteiger partial charge in [0.05, 0.1) is 6.10 Å². The molecule has 0 radical (unpaired) electrons. The molecule has 1 amide bonds. The number of aliphatic hydroxyl groups excluding tert-OH is 1. The van der Waals surface area contributed by atoms with Gasteiger partial charge < -0.3 is 14.7 Å². The van der Waals surface area contributed by atoms with Crippen molar-refractivity contribution in [2.45, 2.75) is 19.1 Å². The van der Waals surface area contributed by atoms with E-state index in [2.05, 4.69) is 10.00 Å². The Morgan fingerprint density at radius 2 is 2.24 bits per heavy atom. The molecule has 0 unspecified atom stereocenters. The molecule has 0 aromatic carbocycles. The summed E-state index contributed by atoms with van der Waals surface area (Å²) in [5.41, 5.74) is 0. The Balaban J connectivity index is 1.76. The first-order valence-corrected chi connectivity index (χ1v) is 7.33. The molecule has 1 aliphatic rings. The molecule has 0 spiro atoms. The first-order chi connectivity index (χ1) is 10.2. The van der Waals surface area contributed by atoms with Crippen LogP contribution in [0.15, 0.2) is 18.5 Å². The lowest BCUT2D eigenvalue weighted by Gasteiger charge is -2.21. The van der Waals surface area contributed by atoms with Crippen LogP contribution in [0.1, 0.15) is 6.42 Å². The average molecular weight is 296 g/mol. The number of carbonyl (C=O) groups is 1. The molecule has 118 valence electrons. The van der Waals surface area contributed by atoms with E-state index in [-0.39, 0.29) is 12.5 Å². The Hall–Kier alpha value is -1.44. The van der Waals surface area contributed by atoms with Gasteiger partial charge in [0.15, 0.2) is 0 Å². The lowest BCUT2D eigenvalue weighted by atomic mass is 10.3. The second kappa shape index (κ2) is 8.11. The molecule has 1 aromatic rings. The summed E-state index contributed by atoms with van der Waals surface area (Å²) in [6, 6.07) is 1.91. The van der Waals surface area contributed by atoms with E-state index in [1.54, 1.807) is 11.1 Å². The van der Waals surface area contributed by atoms with Crippen molar-refractivity contribution in [1.29, 1.82) is 0 Å². The van der Waals surface area contributed by atoms with Crippen LogP contribution < -0.4 is 0 Å². The van der Waals surface area contributed by atoms with Gasteiger partial charge in [-0.1, -0.05) is 0 Å². The third kappa shape index (κ3) is 5.11. The van der Waals surface area contributed by atoms with E-state index in [0.29, 0.717) is 19.6 Å². The number of amides is 1. The highest BCUT2D eigenvalue weighted by Crippen LogP contribution is 2.06. The van der Waals surface area contributed by atoms with Crippen molar-refractivity contribution in [3.8, 4) is 0 Å². The van der Waals surface area contributed by atoms with Crippen LogP contribution in [-0.2, 0) is 16.1 Å². The SMILES string of the molecule is COCC(=O)N1CCN(CCCn2cccn2)C[C@@H](O)C1. The van der Waals surface area contributed by atoms with Gasteiger partial charge in [0.25, 0.3) is 0 Å². The van der Waals surface area contributed by atoms with Crippen LogP contribution in [0.2, 0.25) is 0 Å². The van der Waals surface area contributed by atoms with Crippen molar-refractivity contribution >= 4 is 5.91 Å². The number of hydrogen-bond acceptors (Lipinski definition) is 5. The Morgan fingerprint density at radius 1 is 1.38 bits per heavy atom. The van der Waals surface area contributed by atoms with Crippen LogP contribution in [0.25, 0.3) is 0 Å². The molecule has 1 aromatic heterocycles. The molecule has 2 rings (SSSR count). The molecule has 0 aliphatic carbocycles. The smallest absolute Gasteiger partial charge is 0.248 e. The van der Waals surface area contributed by atoms with E-state index in [0.717, 1.165) is 26.1 Å². The van der Waals surface area contributed by atoms with Crippen LogP contribution in [0.4, 0.5) is 0 Å². The largest absolute Gasteiger partial charge is 0.390 e. The summed E-state index contributed by atoms with van der Waals surface area (Å²) >= 11 is 0. The monoisotopic (exact) mass is 296 g/mol. The zero-order valence-electron chi connectivity index (χ0n) is 12.5. The maximum Gasteiger partial charge on any atom is 0.248 e. The molecule has 2 heterocycles. The summed E-state index contributed by atoms with van der Waals surface area (Å²) in [4.78, 5) is 15.7. The number of hydrogen-bond donors (Lipinski definition) is 1. The molecule has 21 heavy (non-hydrogen) atoms. The maximum absolute atomic E-state index is 11.8. The number of aliphatic hydroxyl groups is 1. The minimum absolute atomic E-state index is 0.0602. The van der Waals surface area contributed by atoms with Gasteiger partial charge >= 0.3 is 0 Å². The number of β-amino-alcohol motifs (C(OH)–C–C–N with tert-alkyl or cyclic N) is 1. The molecule has 1 saturated heterocycles. The number of aryl methyl sites for hydroxylation is 1. The number of ether oxygens (including phenoxy) is 1. The van der Waals surface area contributed by atoms with E-state index in [4.69, 9.17) is 4.74 Å². The first kappa shape index (κ1) is 15.9. The highest BCUT2D eigenvalue weighted by atomic mass is 16.5. The Morgan fingerprint density at radius 3 is 2.95 bits per heavy atom. The van der Waals surface area contributed by atoms with Gasteiger partial charge in [-0.25, -0.2) is 0 Å². The molecule has 1 fully saturated rings. The summed E-state index contributed by atoms with van der Waals surface area (Å²) < 4.78 is 6.78. The van der Waals surface area contributed by atoms with Crippen molar-refractivity contribution in [1.82, 2.24) is 19.6 Å². The topological polar surface area (TPSA) is 70.8 Å². The standard InChI is InChI=1S/C14H24N4O3/c1-21-12-14(20)17-9-8-16(10-13(19)11-17)5-3-7-18-6-2-4-15-18/h2,4,6,13,19H,3,5,7-12H2,1H3/t13-/m1/s1. The van der Waals surface area contributed by atoms with Gasteiger partial charge in [-0.2, -0.15) is 5.10 Å². The predicted octanol–water partition coefficient (Wildman–Crippen LogP) is -0.575. The fourth-order valence-electron chi connectivity index (χ4n) is 2.59. The van der Waals surface area contributed by atoms with Crippen molar-refractivity contribution < 1.29 is 14.6 Å². The summed E-state index contributed by atoms with van der Waals surface area (Å²) in [7, 11) is 1.51. The fourth-order valence-corrected chi connectivity index (χ4v) is 2.59. The first-order valence-electron chi connectivity index (χ1n) is 7.33. The van der Waals surface area contributed by atoms with E-state index in [1.165, 1.54) is 7.11 Å². The van der Waals surface area contributed by atoms with E-state index in [1.807, 2.05) is 16.9 Å². The van der Waals surface area contributed by atoms with Crippen LogP contribution in [0.3, 0.4) is 0 Å². The van der Waals surface area contributed by atoms with Crippen molar-refractivity contribution in [2.75, 3.05) is 46.4 Å². The zero-order chi connectivity index (χ0) is 15.1. The Labute approximate surface area is 125 Å². The minimum atomic E-state index is -0.502. The van der Waals surface area contributed by atoms with Crippen molar-refractivity contribution in [2.24, 2.45) is 0 Å². The molecule has 1 atom stereocenters. The summed E-state index contributed by atoms with van der Waals surface area (Å²) in [6.07, 6.45) is 4.19. The quantitative estimate of drug-likeness (QED) is 0.761. The molecule has 7 heteroatoms. The normalized spacial score (nSPS) is 20.5. The van der Waals surface area contributed by atoms with Crippen LogP contribution in [0, 0.1) is 0 Å². The molecule has 0 bridgehead atoms. The lowest BCUT2D eigenvalue weighted by Crippen LogP contribution is -2.39. The van der Waals surface area contributed by atoms with Crippen LogP contribution in [0.5, 0.6) is 0 Å². The van der Waals surface area contributed by atoms with E-state index in [9.17, 15) is 9.90 Å². The molecule has 7 nitrogen and oxygen atoms in total. The predicted molar refractivity (Wildman–Crippen MR) is 77.7 cm³/mol. The van der Waals surface area contributed by atoms with E-state index < -0.39 is 6.10 Å². The number of methoxy groups -OCH3 is 1.